The van der Waals surface area contributed by atoms with Crippen molar-refractivity contribution in [3.05, 3.63) is 58.6 Å². The molecule has 0 aromatic heterocycles. The highest BCUT2D eigenvalue weighted by atomic mass is 35.5. The number of rotatable bonds is 5. The van der Waals surface area contributed by atoms with Crippen molar-refractivity contribution in [2.24, 2.45) is 0 Å². The number of hydrogen-bond acceptors (Lipinski definition) is 5. The molecule has 7 heteroatoms. The lowest BCUT2D eigenvalue weighted by Gasteiger charge is -2.15. The lowest BCUT2D eigenvalue weighted by atomic mass is 10.2. The Morgan fingerprint density at radius 2 is 2.00 bits per heavy atom. The van der Waals surface area contributed by atoms with Crippen molar-refractivity contribution >= 4 is 29.2 Å². The average Bonchev–Trinajstić information content (AvgIpc) is 2.61. The zero-order valence-electron chi connectivity index (χ0n) is 13.6. The van der Waals surface area contributed by atoms with Crippen LogP contribution < -0.4 is 10.1 Å². The summed E-state index contributed by atoms with van der Waals surface area (Å²) >= 11 is 5.88. The van der Waals surface area contributed by atoms with Gasteiger partial charge < -0.3 is 14.8 Å². The van der Waals surface area contributed by atoms with Gasteiger partial charge in [-0.1, -0.05) is 17.7 Å². The number of nitriles is 1. The van der Waals surface area contributed by atoms with Crippen molar-refractivity contribution in [2.45, 2.75) is 13.0 Å². The van der Waals surface area contributed by atoms with Crippen molar-refractivity contribution in [1.29, 1.82) is 5.26 Å². The SMILES string of the molecule is COc1ccc(Cl)cc1C(=O)O[C@H](C)C(=O)Nc1cccc(C#N)c1. The Bertz CT molecular complexity index is 845. The number of esters is 1. The van der Waals surface area contributed by atoms with Crippen LogP contribution in [0.4, 0.5) is 5.69 Å². The predicted octanol–water partition coefficient (Wildman–Crippen LogP) is 3.40. The minimum atomic E-state index is -1.05. The van der Waals surface area contributed by atoms with Crippen LogP contribution in [-0.2, 0) is 9.53 Å². The maximum atomic E-state index is 12.3. The summed E-state index contributed by atoms with van der Waals surface area (Å²) in [5.74, 6) is -0.957. The maximum absolute atomic E-state index is 12.3. The minimum absolute atomic E-state index is 0.126. The molecule has 0 fully saturated rings. The van der Waals surface area contributed by atoms with Crippen LogP contribution in [0, 0.1) is 11.3 Å². The molecule has 2 rings (SSSR count). The second-order valence-corrected chi connectivity index (χ2v) is 5.51. The Morgan fingerprint density at radius 3 is 2.68 bits per heavy atom. The van der Waals surface area contributed by atoms with E-state index in [0.717, 1.165) is 0 Å². The molecule has 2 aromatic rings. The van der Waals surface area contributed by atoms with E-state index in [1.807, 2.05) is 6.07 Å². The highest BCUT2D eigenvalue weighted by molar-refractivity contribution is 6.31. The molecule has 0 saturated heterocycles. The summed E-state index contributed by atoms with van der Waals surface area (Å²) in [4.78, 5) is 24.4. The van der Waals surface area contributed by atoms with E-state index >= 15 is 0 Å². The highest BCUT2D eigenvalue weighted by Gasteiger charge is 2.22. The van der Waals surface area contributed by atoms with Crippen LogP contribution in [0.3, 0.4) is 0 Å². The van der Waals surface area contributed by atoms with Crippen molar-refractivity contribution in [3.8, 4) is 11.8 Å². The number of halogens is 1. The van der Waals surface area contributed by atoms with Crippen LogP contribution in [0.5, 0.6) is 5.75 Å². The van der Waals surface area contributed by atoms with Gasteiger partial charge in [0.2, 0.25) is 0 Å². The number of carbonyl (C=O) groups is 2. The zero-order chi connectivity index (χ0) is 18.4. The Labute approximate surface area is 149 Å². The molecule has 1 atom stereocenters. The Kier molecular flexibility index (Phi) is 5.98. The summed E-state index contributed by atoms with van der Waals surface area (Å²) in [7, 11) is 1.42. The van der Waals surface area contributed by atoms with Gasteiger partial charge in [-0.05, 0) is 43.3 Å². The second kappa shape index (κ2) is 8.18. The predicted molar refractivity (Wildman–Crippen MR) is 92.7 cm³/mol. The van der Waals surface area contributed by atoms with Crippen molar-refractivity contribution in [3.63, 3.8) is 0 Å². The second-order valence-electron chi connectivity index (χ2n) is 5.07. The fourth-order valence-electron chi connectivity index (χ4n) is 2.03. The van der Waals surface area contributed by atoms with Gasteiger partial charge in [-0.25, -0.2) is 4.79 Å². The summed E-state index contributed by atoms with van der Waals surface area (Å²) in [5, 5.41) is 11.8. The van der Waals surface area contributed by atoms with Gasteiger partial charge in [0, 0.05) is 10.7 Å². The highest BCUT2D eigenvalue weighted by Crippen LogP contribution is 2.24. The molecule has 0 aliphatic heterocycles. The van der Waals surface area contributed by atoms with Crippen LogP contribution >= 0.6 is 11.6 Å². The zero-order valence-corrected chi connectivity index (χ0v) is 14.3. The summed E-state index contributed by atoms with van der Waals surface area (Å²) in [5.41, 5.74) is 0.972. The normalized spacial score (nSPS) is 11.1. The number of amides is 1. The molecule has 0 aliphatic carbocycles. The molecule has 1 amide bonds. The van der Waals surface area contributed by atoms with Crippen LogP contribution in [0.1, 0.15) is 22.8 Å². The van der Waals surface area contributed by atoms with Gasteiger partial charge in [0.1, 0.15) is 11.3 Å². The Hall–Kier alpha value is -3.04. The van der Waals surface area contributed by atoms with E-state index in [2.05, 4.69) is 5.32 Å². The van der Waals surface area contributed by atoms with Gasteiger partial charge in [-0.3, -0.25) is 4.79 Å². The van der Waals surface area contributed by atoms with Gasteiger partial charge in [0.15, 0.2) is 6.10 Å². The Balaban J connectivity index is 2.07. The number of hydrogen-bond donors (Lipinski definition) is 1. The van der Waals surface area contributed by atoms with Crippen LogP contribution in [0.2, 0.25) is 5.02 Å². The van der Waals surface area contributed by atoms with E-state index in [1.54, 1.807) is 24.3 Å². The van der Waals surface area contributed by atoms with Gasteiger partial charge in [-0.15, -0.1) is 0 Å². The van der Waals surface area contributed by atoms with E-state index in [9.17, 15) is 9.59 Å². The average molecular weight is 359 g/mol. The van der Waals surface area contributed by atoms with Gasteiger partial charge in [0.05, 0.1) is 18.7 Å². The summed E-state index contributed by atoms with van der Waals surface area (Å²) in [6.07, 6.45) is -1.05. The molecule has 1 N–H and O–H groups in total. The third-order valence-electron chi connectivity index (χ3n) is 3.29. The van der Waals surface area contributed by atoms with E-state index in [0.29, 0.717) is 22.0 Å². The first-order chi connectivity index (χ1) is 11.9. The maximum Gasteiger partial charge on any atom is 0.342 e. The quantitative estimate of drug-likeness (QED) is 0.827. The molecular weight excluding hydrogens is 344 g/mol. The van der Waals surface area contributed by atoms with E-state index in [-0.39, 0.29) is 5.56 Å². The number of methoxy groups -OCH3 is 1. The molecule has 25 heavy (non-hydrogen) atoms. The summed E-state index contributed by atoms with van der Waals surface area (Å²) in [6.45, 7) is 1.44. The van der Waals surface area contributed by atoms with Crippen LogP contribution in [0.15, 0.2) is 42.5 Å². The molecule has 0 spiro atoms. The molecule has 0 unspecified atom stereocenters. The first-order valence-corrected chi connectivity index (χ1v) is 7.68. The number of benzene rings is 2. The van der Waals surface area contributed by atoms with Crippen molar-refractivity contribution in [1.82, 2.24) is 0 Å². The smallest absolute Gasteiger partial charge is 0.342 e. The number of ether oxygens (including phenoxy) is 2. The number of nitrogens with one attached hydrogen (secondary N) is 1. The number of carbonyl (C=O) groups excluding carboxylic acids is 2. The molecule has 128 valence electrons. The third kappa shape index (κ3) is 4.72. The first-order valence-electron chi connectivity index (χ1n) is 7.30. The first kappa shape index (κ1) is 18.3. The van der Waals surface area contributed by atoms with Crippen LogP contribution in [0.25, 0.3) is 0 Å². The lowest BCUT2D eigenvalue weighted by Crippen LogP contribution is -2.30. The topological polar surface area (TPSA) is 88.4 Å². The van der Waals surface area contributed by atoms with Gasteiger partial charge >= 0.3 is 5.97 Å². The van der Waals surface area contributed by atoms with Crippen molar-refractivity contribution in [2.75, 3.05) is 12.4 Å². The van der Waals surface area contributed by atoms with E-state index in [4.69, 9.17) is 26.3 Å². The number of anilines is 1. The Morgan fingerprint density at radius 1 is 1.24 bits per heavy atom. The molecule has 0 saturated carbocycles. The van der Waals surface area contributed by atoms with Gasteiger partial charge in [0.25, 0.3) is 5.91 Å². The molecule has 2 aromatic carbocycles. The van der Waals surface area contributed by atoms with Crippen molar-refractivity contribution < 1.29 is 19.1 Å². The van der Waals surface area contributed by atoms with Crippen LogP contribution in [-0.4, -0.2) is 25.1 Å². The largest absolute Gasteiger partial charge is 0.496 e. The molecule has 0 aliphatic rings. The molecule has 0 bridgehead atoms. The lowest BCUT2D eigenvalue weighted by molar-refractivity contribution is -0.123. The van der Waals surface area contributed by atoms with E-state index < -0.39 is 18.0 Å². The molecule has 0 radical (unpaired) electrons. The van der Waals surface area contributed by atoms with E-state index in [1.165, 1.54) is 32.2 Å². The monoisotopic (exact) mass is 358 g/mol. The fourth-order valence-corrected chi connectivity index (χ4v) is 2.20. The summed E-state index contributed by atoms with van der Waals surface area (Å²) < 4.78 is 10.3. The fraction of sp³-hybridized carbons (Fsp3) is 0.167. The molecular formula is C18H15ClN2O4. The summed E-state index contributed by atoms with van der Waals surface area (Å²) in [6, 6.07) is 12.9. The molecule has 6 nitrogen and oxygen atoms in total. The number of nitrogens with zero attached hydrogens (tertiary/aromatic N) is 1. The molecule has 0 heterocycles. The standard InChI is InChI=1S/C18H15ClN2O4/c1-11(17(22)21-14-5-3-4-12(8-14)10-20)25-18(23)15-9-13(19)6-7-16(15)24-2/h3-9,11H,1-2H3,(H,21,22)/t11-/m1/s1. The van der Waals surface area contributed by atoms with Gasteiger partial charge in [-0.2, -0.15) is 5.26 Å². The minimum Gasteiger partial charge on any atom is -0.496 e. The third-order valence-corrected chi connectivity index (χ3v) is 3.53.